The summed E-state index contributed by atoms with van der Waals surface area (Å²) >= 11 is 0. The van der Waals surface area contributed by atoms with Crippen LogP contribution in [-0.2, 0) is 10.0 Å². The van der Waals surface area contributed by atoms with E-state index in [0.717, 1.165) is 23.4 Å². The summed E-state index contributed by atoms with van der Waals surface area (Å²) in [5, 5.41) is 0. The molecule has 1 heterocycles. The molecule has 0 spiro atoms. The van der Waals surface area contributed by atoms with Gasteiger partial charge >= 0.3 is 0 Å². The van der Waals surface area contributed by atoms with Crippen molar-refractivity contribution in [3.8, 4) is 0 Å². The van der Waals surface area contributed by atoms with E-state index in [1.165, 1.54) is 12.1 Å². The van der Waals surface area contributed by atoms with Crippen molar-refractivity contribution in [2.45, 2.75) is 18.7 Å². The molecule has 4 nitrogen and oxygen atoms in total. The number of nitrogens with one attached hydrogen (secondary N) is 1. The first kappa shape index (κ1) is 13.5. The molecule has 0 saturated carbocycles. The molecule has 1 aromatic heterocycles. The molecule has 19 heavy (non-hydrogen) atoms. The topological polar surface area (TPSA) is 59.1 Å². The third kappa shape index (κ3) is 3.29. The van der Waals surface area contributed by atoms with Crippen molar-refractivity contribution in [2.24, 2.45) is 0 Å². The summed E-state index contributed by atoms with van der Waals surface area (Å²) in [6.45, 7) is 3.63. The molecule has 6 heteroatoms. The smallest absolute Gasteiger partial charge is 0.263 e. The van der Waals surface area contributed by atoms with Crippen LogP contribution in [0.15, 0.2) is 41.3 Å². The number of halogens is 1. The van der Waals surface area contributed by atoms with Crippen LogP contribution >= 0.6 is 0 Å². The molecular formula is C13H13FN2O2S. The third-order valence-corrected chi connectivity index (χ3v) is 3.83. The Balaban J connectivity index is 2.33. The van der Waals surface area contributed by atoms with E-state index in [1.54, 1.807) is 13.0 Å². The number of sulfonamides is 1. The Morgan fingerprint density at radius 1 is 1.11 bits per heavy atom. The fraction of sp³-hybridized carbons (Fsp3) is 0.154. The molecule has 0 radical (unpaired) electrons. The molecule has 100 valence electrons. The highest BCUT2D eigenvalue weighted by Gasteiger charge is 2.15. The van der Waals surface area contributed by atoms with Crippen LogP contribution in [0.1, 0.15) is 11.3 Å². The number of anilines is 1. The Morgan fingerprint density at radius 2 is 1.74 bits per heavy atom. The lowest BCUT2D eigenvalue weighted by molar-refractivity contribution is 0.599. The maximum absolute atomic E-state index is 12.8. The van der Waals surface area contributed by atoms with Crippen LogP contribution in [-0.4, -0.2) is 13.4 Å². The Bertz CT molecular complexity index is 677. The van der Waals surface area contributed by atoms with Crippen LogP contribution in [0, 0.1) is 19.7 Å². The van der Waals surface area contributed by atoms with Crippen LogP contribution in [0.2, 0.25) is 0 Å². The second-order valence-corrected chi connectivity index (χ2v) is 5.91. The minimum absolute atomic E-state index is 0.00476. The molecule has 0 aliphatic rings. The molecule has 0 amide bonds. The van der Waals surface area contributed by atoms with Crippen molar-refractivity contribution < 1.29 is 12.8 Å². The van der Waals surface area contributed by atoms with E-state index < -0.39 is 15.8 Å². The lowest BCUT2D eigenvalue weighted by Crippen LogP contribution is -2.14. The fourth-order valence-corrected chi connectivity index (χ4v) is 2.70. The summed E-state index contributed by atoms with van der Waals surface area (Å²) in [7, 11) is -3.74. The number of aromatic nitrogens is 1. The van der Waals surface area contributed by atoms with Crippen molar-refractivity contribution in [3.05, 3.63) is 53.5 Å². The monoisotopic (exact) mass is 280 g/mol. The molecule has 0 bridgehead atoms. The van der Waals surface area contributed by atoms with E-state index in [9.17, 15) is 12.8 Å². The molecule has 1 N–H and O–H groups in total. The number of aryl methyl sites for hydroxylation is 2. The molecular weight excluding hydrogens is 267 g/mol. The minimum Gasteiger partial charge on any atom is -0.263 e. The average Bonchev–Trinajstić information content (AvgIpc) is 2.27. The van der Waals surface area contributed by atoms with E-state index in [2.05, 4.69) is 9.71 Å². The molecule has 0 fully saturated rings. The van der Waals surface area contributed by atoms with E-state index in [1.807, 2.05) is 13.0 Å². The molecule has 0 aliphatic carbocycles. The summed E-state index contributed by atoms with van der Waals surface area (Å²) in [6, 6.07) is 8.09. The molecule has 0 atom stereocenters. The second kappa shape index (κ2) is 4.97. The lowest BCUT2D eigenvalue weighted by Gasteiger charge is -2.08. The molecule has 1 aromatic carbocycles. The number of pyridine rings is 1. The van der Waals surface area contributed by atoms with Gasteiger partial charge in [-0.25, -0.2) is 17.8 Å². The summed E-state index contributed by atoms with van der Waals surface area (Å²) in [6.07, 6.45) is 0. The largest absolute Gasteiger partial charge is 0.263 e. The summed E-state index contributed by atoms with van der Waals surface area (Å²) < 4.78 is 39.3. The van der Waals surface area contributed by atoms with Gasteiger partial charge in [-0.05, 0) is 55.8 Å². The van der Waals surface area contributed by atoms with Gasteiger partial charge in [0.15, 0.2) is 0 Å². The van der Waals surface area contributed by atoms with Gasteiger partial charge in [0, 0.05) is 5.69 Å². The molecule has 2 rings (SSSR count). The first-order chi connectivity index (χ1) is 8.87. The standard InChI is InChI=1S/C13H13FN2O2S/c1-9-7-10(2)15-13(8-9)16-19(17,18)12-5-3-11(14)4-6-12/h3-8H,1-2H3,(H,15,16). The fourth-order valence-electron chi connectivity index (χ4n) is 1.70. The Hall–Kier alpha value is -1.95. The van der Waals surface area contributed by atoms with E-state index >= 15 is 0 Å². The highest BCUT2D eigenvalue weighted by Crippen LogP contribution is 2.16. The van der Waals surface area contributed by atoms with Gasteiger partial charge in [0.2, 0.25) is 0 Å². The number of benzene rings is 1. The quantitative estimate of drug-likeness (QED) is 0.940. The average molecular weight is 280 g/mol. The summed E-state index contributed by atoms with van der Waals surface area (Å²) in [5.41, 5.74) is 1.63. The van der Waals surface area contributed by atoms with Gasteiger partial charge in [-0.2, -0.15) is 0 Å². The van der Waals surface area contributed by atoms with Gasteiger partial charge in [0.05, 0.1) is 4.90 Å². The van der Waals surface area contributed by atoms with Crippen molar-refractivity contribution in [1.29, 1.82) is 0 Å². The summed E-state index contributed by atoms with van der Waals surface area (Å²) in [5.74, 6) is -0.231. The minimum atomic E-state index is -3.74. The molecule has 0 unspecified atom stereocenters. The van der Waals surface area contributed by atoms with E-state index in [-0.39, 0.29) is 10.7 Å². The Morgan fingerprint density at radius 3 is 2.32 bits per heavy atom. The predicted molar refractivity (Wildman–Crippen MR) is 70.9 cm³/mol. The number of rotatable bonds is 3. The predicted octanol–water partition coefficient (Wildman–Crippen LogP) is 2.64. The van der Waals surface area contributed by atoms with Gasteiger partial charge in [0.25, 0.3) is 10.0 Å². The zero-order valence-electron chi connectivity index (χ0n) is 10.5. The number of hydrogen-bond donors (Lipinski definition) is 1. The molecule has 2 aromatic rings. The molecule has 0 aliphatic heterocycles. The maximum Gasteiger partial charge on any atom is 0.263 e. The number of nitrogens with zero attached hydrogens (tertiary/aromatic N) is 1. The van der Waals surface area contributed by atoms with Crippen LogP contribution in [0.5, 0.6) is 0 Å². The zero-order chi connectivity index (χ0) is 14.0. The van der Waals surface area contributed by atoms with Gasteiger partial charge in [0.1, 0.15) is 11.6 Å². The highest BCUT2D eigenvalue weighted by atomic mass is 32.2. The van der Waals surface area contributed by atoms with Crippen LogP contribution in [0.4, 0.5) is 10.2 Å². The van der Waals surface area contributed by atoms with Crippen molar-refractivity contribution in [1.82, 2.24) is 4.98 Å². The normalized spacial score (nSPS) is 11.3. The van der Waals surface area contributed by atoms with Crippen molar-refractivity contribution >= 4 is 15.8 Å². The first-order valence-electron chi connectivity index (χ1n) is 5.60. The third-order valence-electron chi connectivity index (χ3n) is 2.46. The highest BCUT2D eigenvalue weighted by molar-refractivity contribution is 7.92. The van der Waals surface area contributed by atoms with Gasteiger partial charge in [-0.15, -0.1) is 0 Å². The lowest BCUT2D eigenvalue weighted by atomic mass is 10.2. The van der Waals surface area contributed by atoms with Gasteiger partial charge in [-0.3, -0.25) is 4.72 Å². The van der Waals surface area contributed by atoms with Crippen molar-refractivity contribution in [2.75, 3.05) is 4.72 Å². The van der Waals surface area contributed by atoms with Crippen LogP contribution in [0.3, 0.4) is 0 Å². The maximum atomic E-state index is 12.8. The SMILES string of the molecule is Cc1cc(C)nc(NS(=O)(=O)c2ccc(F)cc2)c1. The zero-order valence-corrected chi connectivity index (χ0v) is 11.3. The van der Waals surface area contributed by atoms with Crippen molar-refractivity contribution in [3.63, 3.8) is 0 Å². The van der Waals surface area contributed by atoms with Crippen LogP contribution in [0.25, 0.3) is 0 Å². The first-order valence-corrected chi connectivity index (χ1v) is 7.09. The summed E-state index contributed by atoms with van der Waals surface area (Å²) in [4.78, 5) is 4.09. The number of hydrogen-bond acceptors (Lipinski definition) is 3. The van der Waals surface area contributed by atoms with E-state index in [0.29, 0.717) is 0 Å². The Labute approximate surface area is 111 Å². The Kier molecular flexibility index (Phi) is 3.53. The van der Waals surface area contributed by atoms with Gasteiger partial charge < -0.3 is 0 Å². The van der Waals surface area contributed by atoms with E-state index in [4.69, 9.17) is 0 Å². The van der Waals surface area contributed by atoms with Crippen LogP contribution < -0.4 is 4.72 Å². The van der Waals surface area contributed by atoms with Gasteiger partial charge in [-0.1, -0.05) is 0 Å². The molecule has 0 saturated heterocycles. The second-order valence-electron chi connectivity index (χ2n) is 4.23.